The number of hydrogen-bond donors (Lipinski definition) is 1. The number of likely N-dealkylation sites (tertiary alicyclic amines) is 1. The molecule has 0 unspecified atom stereocenters. The second-order valence-electron chi connectivity index (χ2n) is 5.81. The van der Waals surface area contributed by atoms with Crippen molar-refractivity contribution in [3.63, 3.8) is 0 Å². The fourth-order valence-corrected chi connectivity index (χ4v) is 2.68. The first-order valence-electron chi connectivity index (χ1n) is 7.77. The van der Waals surface area contributed by atoms with Gasteiger partial charge in [0.15, 0.2) is 0 Å². The molecule has 2 rings (SSSR count). The topological polar surface area (TPSA) is 66.8 Å². The van der Waals surface area contributed by atoms with E-state index in [2.05, 4.69) is 0 Å². The van der Waals surface area contributed by atoms with Gasteiger partial charge in [0.1, 0.15) is 5.75 Å². The van der Waals surface area contributed by atoms with E-state index in [1.165, 1.54) is 0 Å². The van der Waals surface area contributed by atoms with Gasteiger partial charge in [0.25, 0.3) is 0 Å². The van der Waals surface area contributed by atoms with Crippen molar-refractivity contribution in [3.05, 3.63) is 30.3 Å². The molecule has 5 nitrogen and oxygen atoms in total. The molecule has 1 heterocycles. The molecule has 0 aliphatic carbocycles. The third-order valence-electron chi connectivity index (χ3n) is 4.07. The number of benzene rings is 1. The number of ether oxygens (including phenoxy) is 1. The van der Waals surface area contributed by atoms with Gasteiger partial charge in [0.05, 0.1) is 12.5 Å². The molecule has 1 aliphatic rings. The predicted molar refractivity (Wildman–Crippen MR) is 82.7 cm³/mol. The number of amides is 1. The second kappa shape index (κ2) is 7.82. The molecule has 1 N–H and O–H groups in total. The Balaban J connectivity index is 1.78. The summed E-state index contributed by atoms with van der Waals surface area (Å²) in [5.41, 5.74) is 0. The van der Waals surface area contributed by atoms with Crippen LogP contribution in [0.1, 0.15) is 26.2 Å². The molecule has 1 amide bonds. The Hall–Kier alpha value is -2.04. The first kappa shape index (κ1) is 16.3. The lowest BCUT2D eigenvalue weighted by molar-refractivity contribution is -0.146. The van der Waals surface area contributed by atoms with Gasteiger partial charge >= 0.3 is 5.97 Å². The molecule has 0 bridgehead atoms. The fraction of sp³-hybridized carbons (Fsp3) is 0.529. The highest BCUT2D eigenvalue weighted by atomic mass is 16.5. The minimum absolute atomic E-state index is 0.0302. The van der Waals surface area contributed by atoms with E-state index < -0.39 is 11.9 Å². The van der Waals surface area contributed by atoms with Crippen LogP contribution in [0.2, 0.25) is 0 Å². The smallest absolute Gasteiger partial charge is 0.308 e. The quantitative estimate of drug-likeness (QED) is 0.876. The van der Waals surface area contributed by atoms with Crippen LogP contribution in [0.15, 0.2) is 30.3 Å². The number of piperidine rings is 1. The molecular weight excluding hydrogens is 282 g/mol. The molecule has 0 aromatic heterocycles. The van der Waals surface area contributed by atoms with Crippen molar-refractivity contribution in [3.8, 4) is 5.75 Å². The summed E-state index contributed by atoms with van der Waals surface area (Å²) >= 11 is 0. The normalized spacial score (nSPS) is 19.5. The van der Waals surface area contributed by atoms with E-state index in [4.69, 9.17) is 9.84 Å². The van der Waals surface area contributed by atoms with Crippen LogP contribution < -0.4 is 4.74 Å². The zero-order valence-corrected chi connectivity index (χ0v) is 12.9. The fourth-order valence-electron chi connectivity index (χ4n) is 2.68. The number of rotatable bonds is 6. The third kappa shape index (κ3) is 4.48. The Morgan fingerprint density at radius 3 is 2.77 bits per heavy atom. The summed E-state index contributed by atoms with van der Waals surface area (Å²) in [6, 6.07) is 9.50. The molecule has 0 radical (unpaired) electrons. The van der Waals surface area contributed by atoms with E-state index in [1.807, 2.05) is 37.3 Å². The van der Waals surface area contributed by atoms with Crippen molar-refractivity contribution >= 4 is 11.9 Å². The van der Waals surface area contributed by atoms with Crippen molar-refractivity contribution in [2.45, 2.75) is 26.2 Å². The van der Waals surface area contributed by atoms with Crippen molar-refractivity contribution in [2.75, 3.05) is 19.7 Å². The average Bonchev–Trinajstić information content (AvgIpc) is 2.55. The molecule has 5 heteroatoms. The largest absolute Gasteiger partial charge is 0.494 e. The highest BCUT2D eigenvalue weighted by Gasteiger charge is 2.30. The van der Waals surface area contributed by atoms with Gasteiger partial charge in [-0.1, -0.05) is 25.1 Å². The first-order chi connectivity index (χ1) is 10.6. The maximum absolute atomic E-state index is 12.4. The number of carboxylic acid groups (broad SMARTS) is 1. The Bertz CT molecular complexity index is 503. The molecular formula is C17H23NO4. The van der Waals surface area contributed by atoms with Crippen LogP contribution in [0.25, 0.3) is 0 Å². The van der Waals surface area contributed by atoms with E-state index in [0.29, 0.717) is 32.5 Å². The highest BCUT2D eigenvalue weighted by molar-refractivity contribution is 5.79. The standard InChI is InChI=1S/C17H23NO4/c1-13(9-11-22-15-7-3-2-4-8-15)16(19)18-10-5-6-14(12-18)17(20)21/h2-4,7-8,13-14H,5-6,9-12H2,1H3,(H,20,21)/t13-,14-/m1/s1. The van der Waals surface area contributed by atoms with Gasteiger partial charge in [-0.2, -0.15) is 0 Å². The van der Waals surface area contributed by atoms with Crippen LogP contribution >= 0.6 is 0 Å². The van der Waals surface area contributed by atoms with Crippen LogP contribution in [-0.2, 0) is 9.59 Å². The van der Waals surface area contributed by atoms with Crippen LogP contribution in [0.5, 0.6) is 5.75 Å². The Morgan fingerprint density at radius 1 is 1.36 bits per heavy atom. The number of carboxylic acids is 1. The van der Waals surface area contributed by atoms with Crippen LogP contribution in [0, 0.1) is 11.8 Å². The Morgan fingerprint density at radius 2 is 2.09 bits per heavy atom. The van der Waals surface area contributed by atoms with Gasteiger partial charge in [-0.3, -0.25) is 9.59 Å². The van der Waals surface area contributed by atoms with E-state index in [1.54, 1.807) is 4.90 Å². The van der Waals surface area contributed by atoms with E-state index >= 15 is 0 Å². The summed E-state index contributed by atoms with van der Waals surface area (Å²) < 4.78 is 5.61. The maximum atomic E-state index is 12.4. The van der Waals surface area contributed by atoms with E-state index in [9.17, 15) is 9.59 Å². The van der Waals surface area contributed by atoms with Crippen molar-refractivity contribution < 1.29 is 19.4 Å². The van der Waals surface area contributed by atoms with Gasteiger partial charge in [0, 0.05) is 19.0 Å². The monoisotopic (exact) mass is 305 g/mol. The second-order valence-corrected chi connectivity index (χ2v) is 5.81. The minimum Gasteiger partial charge on any atom is -0.494 e. The summed E-state index contributed by atoms with van der Waals surface area (Å²) in [5, 5.41) is 9.09. The molecule has 22 heavy (non-hydrogen) atoms. The predicted octanol–water partition coefficient (Wildman–Crippen LogP) is 2.41. The minimum atomic E-state index is -0.808. The first-order valence-corrected chi connectivity index (χ1v) is 7.77. The molecule has 1 aromatic carbocycles. The van der Waals surface area contributed by atoms with E-state index in [0.717, 1.165) is 12.2 Å². The van der Waals surface area contributed by atoms with Gasteiger partial charge in [0.2, 0.25) is 5.91 Å². The van der Waals surface area contributed by atoms with Crippen molar-refractivity contribution in [1.29, 1.82) is 0 Å². The summed E-state index contributed by atoms with van der Waals surface area (Å²) in [5.74, 6) is -0.562. The highest BCUT2D eigenvalue weighted by Crippen LogP contribution is 2.20. The van der Waals surface area contributed by atoms with Crippen LogP contribution in [0.3, 0.4) is 0 Å². The van der Waals surface area contributed by atoms with Crippen LogP contribution in [0.4, 0.5) is 0 Å². The van der Waals surface area contributed by atoms with Crippen molar-refractivity contribution in [2.24, 2.45) is 11.8 Å². The molecule has 1 aromatic rings. The molecule has 1 saturated heterocycles. The Kier molecular flexibility index (Phi) is 5.81. The summed E-state index contributed by atoms with van der Waals surface area (Å²) in [6.45, 7) is 3.35. The number of para-hydroxylation sites is 1. The average molecular weight is 305 g/mol. The summed E-state index contributed by atoms with van der Waals surface area (Å²) in [4.78, 5) is 25.1. The van der Waals surface area contributed by atoms with Gasteiger partial charge < -0.3 is 14.7 Å². The van der Waals surface area contributed by atoms with Gasteiger partial charge in [-0.15, -0.1) is 0 Å². The lowest BCUT2D eigenvalue weighted by Crippen LogP contribution is -2.44. The molecule has 1 aliphatic heterocycles. The summed E-state index contributed by atoms with van der Waals surface area (Å²) in [7, 11) is 0. The number of carbonyl (C=O) groups is 2. The lowest BCUT2D eigenvalue weighted by Gasteiger charge is -2.32. The number of aliphatic carboxylic acids is 1. The van der Waals surface area contributed by atoms with Gasteiger partial charge in [-0.05, 0) is 31.4 Å². The zero-order chi connectivity index (χ0) is 15.9. The lowest BCUT2D eigenvalue weighted by atomic mass is 9.96. The zero-order valence-electron chi connectivity index (χ0n) is 12.9. The van der Waals surface area contributed by atoms with Crippen molar-refractivity contribution in [1.82, 2.24) is 4.90 Å². The van der Waals surface area contributed by atoms with E-state index in [-0.39, 0.29) is 11.8 Å². The van der Waals surface area contributed by atoms with Gasteiger partial charge in [-0.25, -0.2) is 0 Å². The Labute approximate surface area is 130 Å². The molecule has 0 saturated carbocycles. The number of nitrogens with zero attached hydrogens (tertiary/aromatic N) is 1. The number of carbonyl (C=O) groups excluding carboxylic acids is 1. The molecule has 0 spiro atoms. The molecule has 120 valence electrons. The van der Waals surface area contributed by atoms with Crippen LogP contribution in [-0.4, -0.2) is 41.6 Å². The molecule has 1 fully saturated rings. The maximum Gasteiger partial charge on any atom is 0.308 e. The SMILES string of the molecule is C[C@H](CCOc1ccccc1)C(=O)N1CCC[C@@H](C(=O)O)C1. The third-order valence-corrected chi connectivity index (χ3v) is 4.07. The number of hydrogen-bond acceptors (Lipinski definition) is 3. The molecule has 2 atom stereocenters. The summed E-state index contributed by atoms with van der Waals surface area (Å²) in [6.07, 6.45) is 2.04.